The third-order valence-corrected chi connectivity index (χ3v) is 5.37. The summed E-state index contributed by atoms with van der Waals surface area (Å²) < 4.78 is 11.1. The molecule has 0 radical (unpaired) electrons. The van der Waals surface area contributed by atoms with Crippen LogP contribution in [-0.4, -0.2) is 70.0 Å². The van der Waals surface area contributed by atoms with Gasteiger partial charge in [0.05, 0.1) is 13.2 Å². The molecule has 6 nitrogen and oxygen atoms in total. The molecule has 2 N–H and O–H groups in total. The minimum atomic E-state index is 0. The summed E-state index contributed by atoms with van der Waals surface area (Å²) in [5.74, 6) is 1.49. The van der Waals surface area contributed by atoms with E-state index in [2.05, 4.69) is 51.7 Å². The van der Waals surface area contributed by atoms with Gasteiger partial charge in [-0.2, -0.15) is 0 Å². The molecule has 0 spiro atoms. The number of hydrogen-bond acceptors (Lipinski definition) is 4. The molecule has 0 aliphatic carbocycles. The van der Waals surface area contributed by atoms with Gasteiger partial charge in [-0.15, -0.1) is 24.0 Å². The Morgan fingerprint density at radius 3 is 2.93 bits per heavy atom. The molecule has 3 rings (SSSR count). The highest BCUT2D eigenvalue weighted by atomic mass is 127. The summed E-state index contributed by atoms with van der Waals surface area (Å²) in [7, 11) is 0. The molecule has 1 aromatic carbocycles. The number of nitrogens with zero attached hydrogens (tertiary/aromatic N) is 2. The normalized spacial score (nSPS) is 19.5. The van der Waals surface area contributed by atoms with Gasteiger partial charge in [0.25, 0.3) is 0 Å². The molecule has 1 fully saturated rings. The summed E-state index contributed by atoms with van der Waals surface area (Å²) in [6, 6.07) is 8.79. The van der Waals surface area contributed by atoms with Crippen molar-refractivity contribution in [1.82, 2.24) is 15.5 Å². The number of halogens is 1. The van der Waals surface area contributed by atoms with Gasteiger partial charge < -0.3 is 20.1 Å². The fourth-order valence-electron chi connectivity index (χ4n) is 3.74. The van der Waals surface area contributed by atoms with Crippen LogP contribution in [0.2, 0.25) is 0 Å². The summed E-state index contributed by atoms with van der Waals surface area (Å²) in [6.45, 7) is 11.2. The molecular formula is C22H37IN4O2. The highest BCUT2D eigenvalue weighted by molar-refractivity contribution is 14.0. The van der Waals surface area contributed by atoms with Crippen LogP contribution in [-0.2, 0) is 22.4 Å². The highest BCUT2D eigenvalue weighted by Gasteiger charge is 2.16. The Hall–Kier alpha value is -0.900. The van der Waals surface area contributed by atoms with E-state index >= 15 is 0 Å². The standard InChI is InChI=1S/C22H36N4O2.HI/c1-2-23-22(24-10-5-14-27-17-19-9-15-28-18-19)25-11-13-26-12-8-20-6-3-4-7-21(20)16-26;/h3-4,6-7,19H,2,5,8-18H2,1H3,(H2,23,24,25);1H. The average molecular weight is 516 g/mol. The zero-order valence-electron chi connectivity index (χ0n) is 17.7. The highest BCUT2D eigenvalue weighted by Crippen LogP contribution is 2.17. The SMILES string of the molecule is CCNC(=NCCCOCC1CCOC1)NCCN1CCc2ccccc2C1.I. The minimum absolute atomic E-state index is 0. The van der Waals surface area contributed by atoms with Crippen LogP contribution >= 0.6 is 24.0 Å². The fraction of sp³-hybridized carbons (Fsp3) is 0.682. The minimum Gasteiger partial charge on any atom is -0.381 e. The predicted octanol–water partition coefficient (Wildman–Crippen LogP) is 2.66. The van der Waals surface area contributed by atoms with E-state index < -0.39 is 0 Å². The lowest BCUT2D eigenvalue weighted by Gasteiger charge is -2.28. The van der Waals surface area contributed by atoms with Crippen LogP contribution in [0.3, 0.4) is 0 Å². The molecule has 7 heteroatoms. The largest absolute Gasteiger partial charge is 0.381 e. The van der Waals surface area contributed by atoms with Crippen molar-refractivity contribution in [2.24, 2.45) is 10.9 Å². The second-order valence-electron chi connectivity index (χ2n) is 7.64. The Labute approximate surface area is 192 Å². The van der Waals surface area contributed by atoms with E-state index in [-0.39, 0.29) is 24.0 Å². The quantitative estimate of drug-likeness (QED) is 0.217. The van der Waals surface area contributed by atoms with Gasteiger partial charge in [0.15, 0.2) is 5.96 Å². The van der Waals surface area contributed by atoms with Crippen LogP contribution in [0.5, 0.6) is 0 Å². The Morgan fingerprint density at radius 1 is 1.28 bits per heavy atom. The molecule has 0 bridgehead atoms. The third-order valence-electron chi connectivity index (χ3n) is 5.37. The van der Waals surface area contributed by atoms with Crippen molar-refractivity contribution in [2.45, 2.75) is 32.7 Å². The summed E-state index contributed by atoms with van der Waals surface area (Å²) in [6.07, 6.45) is 3.24. The van der Waals surface area contributed by atoms with E-state index in [9.17, 15) is 0 Å². The Bertz CT molecular complexity index is 608. The molecule has 1 saturated heterocycles. The molecule has 1 aromatic rings. The fourth-order valence-corrected chi connectivity index (χ4v) is 3.74. The zero-order chi connectivity index (χ0) is 19.4. The topological polar surface area (TPSA) is 58.1 Å². The maximum atomic E-state index is 5.75. The van der Waals surface area contributed by atoms with E-state index in [1.165, 1.54) is 11.1 Å². The van der Waals surface area contributed by atoms with Crippen molar-refractivity contribution in [3.05, 3.63) is 35.4 Å². The molecule has 2 aliphatic heterocycles. The molecule has 2 heterocycles. The molecule has 0 aromatic heterocycles. The van der Waals surface area contributed by atoms with E-state index in [1.54, 1.807) is 0 Å². The first-order valence-electron chi connectivity index (χ1n) is 10.8. The molecule has 29 heavy (non-hydrogen) atoms. The van der Waals surface area contributed by atoms with E-state index in [4.69, 9.17) is 9.47 Å². The van der Waals surface area contributed by atoms with Gasteiger partial charge >= 0.3 is 0 Å². The second kappa shape index (κ2) is 14.2. The van der Waals surface area contributed by atoms with Crippen LogP contribution in [0.15, 0.2) is 29.3 Å². The van der Waals surface area contributed by atoms with Gasteiger partial charge in [0, 0.05) is 58.4 Å². The van der Waals surface area contributed by atoms with Gasteiger partial charge in [-0.3, -0.25) is 9.89 Å². The molecule has 2 aliphatic rings. The summed E-state index contributed by atoms with van der Waals surface area (Å²) in [5, 5.41) is 6.80. The monoisotopic (exact) mass is 516 g/mol. The van der Waals surface area contributed by atoms with Crippen molar-refractivity contribution in [1.29, 1.82) is 0 Å². The zero-order valence-corrected chi connectivity index (χ0v) is 20.0. The maximum Gasteiger partial charge on any atom is 0.191 e. The van der Waals surface area contributed by atoms with Gasteiger partial charge in [-0.25, -0.2) is 0 Å². The van der Waals surface area contributed by atoms with Crippen molar-refractivity contribution in [3.8, 4) is 0 Å². The molecule has 1 unspecified atom stereocenters. The number of rotatable bonds is 10. The smallest absolute Gasteiger partial charge is 0.191 e. The van der Waals surface area contributed by atoms with Crippen molar-refractivity contribution in [3.63, 3.8) is 0 Å². The van der Waals surface area contributed by atoms with Crippen LogP contribution in [0, 0.1) is 5.92 Å². The second-order valence-corrected chi connectivity index (χ2v) is 7.64. The van der Waals surface area contributed by atoms with E-state index in [0.29, 0.717) is 5.92 Å². The van der Waals surface area contributed by atoms with Crippen LogP contribution in [0.1, 0.15) is 30.9 Å². The maximum absolute atomic E-state index is 5.75. The number of guanidine groups is 1. The average Bonchev–Trinajstić information content (AvgIpc) is 3.24. The van der Waals surface area contributed by atoms with Gasteiger partial charge in [-0.05, 0) is 37.3 Å². The summed E-state index contributed by atoms with van der Waals surface area (Å²) in [5.41, 5.74) is 2.97. The van der Waals surface area contributed by atoms with E-state index in [0.717, 1.165) is 90.9 Å². The van der Waals surface area contributed by atoms with Gasteiger partial charge in [-0.1, -0.05) is 24.3 Å². The van der Waals surface area contributed by atoms with Gasteiger partial charge in [0.1, 0.15) is 0 Å². The first-order chi connectivity index (χ1) is 13.8. The molecule has 164 valence electrons. The van der Waals surface area contributed by atoms with Gasteiger partial charge in [0.2, 0.25) is 0 Å². The molecule has 1 atom stereocenters. The molecule has 0 saturated carbocycles. The Kier molecular flexibility index (Phi) is 11.9. The lowest BCUT2D eigenvalue weighted by Crippen LogP contribution is -2.42. The predicted molar refractivity (Wildman–Crippen MR) is 129 cm³/mol. The van der Waals surface area contributed by atoms with E-state index in [1.807, 2.05) is 0 Å². The molecule has 0 amide bonds. The van der Waals surface area contributed by atoms with Crippen LogP contribution < -0.4 is 10.6 Å². The Balaban J connectivity index is 0.00000300. The number of fused-ring (bicyclic) bond motifs is 1. The lowest BCUT2D eigenvalue weighted by atomic mass is 10.00. The Morgan fingerprint density at radius 2 is 2.14 bits per heavy atom. The van der Waals surface area contributed by atoms with Crippen molar-refractivity contribution in [2.75, 3.05) is 59.2 Å². The molecular weight excluding hydrogens is 479 g/mol. The first-order valence-corrected chi connectivity index (χ1v) is 10.8. The number of hydrogen-bond donors (Lipinski definition) is 2. The first kappa shape index (κ1) is 24.4. The van der Waals surface area contributed by atoms with Crippen molar-refractivity contribution < 1.29 is 9.47 Å². The summed E-state index contributed by atoms with van der Waals surface area (Å²) in [4.78, 5) is 7.19. The van der Waals surface area contributed by atoms with Crippen LogP contribution in [0.4, 0.5) is 0 Å². The number of aliphatic imine (C=N–C) groups is 1. The summed E-state index contributed by atoms with van der Waals surface area (Å²) >= 11 is 0. The number of ether oxygens (including phenoxy) is 2. The number of benzene rings is 1. The lowest BCUT2D eigenvalue weighted by molar-refractivity contribution is 0.0893. The van der Waals surface area contributed by atoms with Crippen LogP contribution in [0.25, 0.3) is 0 Å². The number of nitrogens with one attached hydrogen (secondary N) is 2. The third kappa shape index (κ3) is 8.78. The van der Waals surface area contributed by atoms with Crippen molar-refractivity contribution >= 4 is 29.9 Å².